The lowest BCUT2D eigenvalue weighted by atomic mass is 10.2. The number of carbonyl (C=O) groups is 1. The second-order valence-electron chi connectivity index (χ2n) is 7.17. The minimum Gasteiger partial charge on any atom is -0.308 e. The molecular formula is C19H18N12OS2. The zero-order valence-electron chi connectivity index (χ0n) is 17.6. The van der Waals surface area contributed by atoms with Crippen LogP contribution in [-0.2, 0) is 6.42 Å². The fraction of sp³-hybridized carbons (Fsp3) is 0.211. The van der Waals surface area contributed by atoms with Gasteiger partial charge in [-0.05, 0) is 54.5 Å². The summed E-state index contributed by atoms with van der Waals surface area (Å²) >= 11 is 5.67. The Balaban J connectivity index is 1.32. The van der Waals surface area contributed by atoms with E-state index >= 15 is 0 Å². The summed E-state index contributed by atoms with van der Waals surface area (Å²) in [6, 6.07) is 10.5. The molecule has 5 rings (SSSR count). The minimum atomic E-state index is -0.297. The number of thiol groups is 1. The first-order chi connectivity index (χ1) is 16.7. The van der Waals surface area contributed by atoms with Crippen LogP contribution < -0.4 is 10.2 Å². The molecule has 172 valence electrons. The Kier molecular flexibility index (Phi) is 6.35. The van der Waals surface area contributed by atoms with E-state index in [1.165, 1.54) is 11.3 Å². The number of pyridine rings is 1. The molecule has 0 radical (unpaired) electrons. The van der Waals surface area contributed by atoms with Crippen LogP contribution in [0.4, 0.5) is 16.3 Å². The topological polar surface area (TPSA) is 167 Å². The molecule has 0 bridgehead atoms. The number of aromatic nitrogens is 10. The van der Waals surface area contributed by atoms with Crippen molar-refractivity contribution in [1.29, 1.82) is 0 Å². The summed E-state index contributed by atoms with van der Waals surface area (Å²) in [4.78, 5) is 24.6. The molecule has 0 aliphatic rings. The first kappa shape index (κ1) is 21.8. The molecule has 0 saturated heterocycles. The lowest BCUT2D eigenvalue weighted by Gasteiger charge is -2.22. The molecule has 1 aromatic carbocycles. The van der Waals surface area contributed by atoms with Crippen molar-refractivity contribution in [2.24, 2.45) is 0 Å². The van der Waals surface area contributed by atoms with Gasteiger partial charge in [0.2, 0.25) is 5.82 Å². The monoisotopic (exact) mass is 494 g/mol. The van der Waals surface area contributed by atoms with E-state index in [0.717, 1.165) is 28.8 Å². The summed E-state index contributed by atoms with van der Waals surface area (Å²) in [5, 5.41) is 30.8. The molecule has 2 amide bonds. The van der Waals surface area contributed by atoms with E-state index in [4.69, 9.17) is 0 Å². The summed E-state index contributed by atoms with van der Waals surface area (Å²) in [5.74, 6) is 1.65. The number of rotatable bonds is 8. The van der Waals surface area contributed by atoms with Crippen LogP contribution in [-0.4, -0.2) is 63.8 Å². The number of hydrogen-bond acceptors (Lipinski definition) is 11. The highest BCUT2D eigenvalue weighted by molar-refractivity contribution is 7.82. The first-order valence-electron chi connectivity index (χ1n) is 10.3. The van der Waals surface area contributed by atoms with Crippen LogP contribution in [0.2, 0.25) is 0 Å². The fourth-order valence-corrected chi connectivity index (χ4v) is 4.33. The maximum Gasteiger partial charge on any atom is 0.327 e. The Morgan fingerprint density at radius 2 is 1.82 bits per heavy atom. The van der Waals surface area contributed by atoms with E-state index in [2.05, 4.69) is 69.2 Å². The average molecular weight is 495 g/mol. The highest BCUT2D eigenvalue weighted by atomic mass is 32.2. The summed E-state index contributed by atoms with van der Waals surface area (Å²) in [6.45, 7) is 0.454. The number of amides is 2. The molecule has 13 nitrogen and oxygen atoms in total. The Labute approximate surface area is 201 Å². The molecule has 4 heterocycles. The number of aromatic amines is 2. The molecule has 5 aromatic rings. The maximum absolute atomic E-state index is 13.3. The third kappa shape index (κ3) is 4.99. The lowest BCUT2D eigenvalue weighted by Crippen LogP contribution is -2.36. The normalized spacial score (nSPS) is 11.1. The highest BCUT2D eigenvalue weighted by Gasteiger charge is 2.19. The van der Waals surface area contributed by atoms with Gasteiger partial charge >= 0.3 is 6.03 Å². The zero-order chi connectivity index (χ0) is 23.3. The van der Waals surface area contributed by atoms with E-state index in [0.29, 0.717) is 40.5 Å². The molecule has 0 saturated carbocycles. The number of hydrogen-bond donors (Lipinski definition) is 4. The number of anilines is 2. The second-order valence-corrected chi connectivity index (χ2v) is 8.87. The molecule has 34 heavy (non-hydrogen) atoms. The Morgan fingerprint density at radius 1 is 1.00 bits per heavy atom. The van der Waals surface area contributed by atoms with Gasteiger partial charge in [0, 0.05) is 24.2 Å². The molecule has 0 unspecified atom stereocenters. The van der Waals surface area contributed by atoms with Crippen LogP contribution >= 0.6 is 24.0 Å². The first-order valence-corrected chi connectivity index (χ1v) is 11.5. The van der Waals surface area contributed by atoms with Crippen LogP contribution in [0.1, 0.15) is 18.7 Å². The van der Waals surface area contributed by atoms with Gasteiger partial charge in [-0.2, -0.15) is 10.4 Å². The molecule has 0 fully saturated rings. The second kappa shape index (κ2) is 9.88. The number of nitrogens with zero attached hydrogens (tertiary/aromatic N) is 9. The van der Waals surface area contributed by atoms with Crippen molar-refractivity contribution < 1.29 is 4.79 Å². The molecule has 0 aliphatic heterocycles. The summed E-state index contributed by atoms with van der Waals surface area (Å²) in [7, 11) is 0. The van der Waals surface area contributed by atoms with E-state index in [-0.39, 0.29) is 6.03 Å². The Hall–Kier alpha value is -3.98. The number of thiazole rings is 1. The molecule has 3 N–H and O–H groups in total. The van der Waals surface area contributed by atoms with Crippen molar-refractivity contribution in [3.63, 3.8) is 0 Å². The van der Waals surface area contributed by atoms with Gasteiger partial charge in [0.25, 0.3) is 0 Å². The number of nitrogens with one attached hydrogen (secondary N) is 3. The Bertz CT molecular complexity index is 1370. The van der Waals surface area contributed by atoms with E-state index in [1.54, 1.807) is 23.1 Å². The maximum atomic E-state index is 13.3. The van der Waals surface area contributed by atoms with Gasteiger partial charge < -0.3 is 5.32 Å². The predicted molar refractivity (Wildman–Crippen MR) is 128 cm³/mol. The van der Waals surface area contributed by atoms with Crippen LogP contribution in [0.25, 0.3) is 21.7 Å². The van der Waals surface area contributed by atoms with Gasteiger partial charge in [0.1, 0.15) is 20.5 Å². The number of unbranched alkanes of at least 4 members (excludes halogenated alkanes) is 1. The van der Waals surface area contributed by atoms with Crippen LogP contribution in [0.15, 0.2) is 40.7 Å². The molecule has 0 aliphatic carbocycles. The summed E-state index contributed by atoms with van der Waals surface area (Å²) in [5.41, 5.74) is 2.16. The quantitative estimate of drug-likeness (QED) is 0.187. The molecule has 0 atom stereocenters. The Morgan fingerprint density at radius 3 is 2.59 bits per heavy atom. The SMILES string of the molecule is O=C(Nc1ccc(-c2nn[nH]n2)cc1)N(CCCCc1nn[nH]n1)c1ccc2nc(S)sc2n1. The van der Waals surface area contributed by atoms with E-state index < -0.39 is 0 Å². The van der Waals surface area contributed by atoms with E-state index in [9.17, 15) is 4.79 Å². The molecule has 4 aromatic heterocycles. The third-order valence-electron chi connectivity index (χ3n) is 4.91. The average Bonchev–Trinajstić information content (AvgIpc) is 3.61. The predicted octanol–water partition coefficient (Wildman–Crippen LogP) is 2.73. The largest absolute Gasteiger partial charge is 0.327 e. The van der Waals surface area contributed by atoms with Crippen molar-refractivity contribution in [3.8, 4) is 11.4 Å². The van der Waals surface area contributed by atoms with E-state index in [1.807, 2.05) is 18.2 Å². The van der Waals surface area contributed by atoms with Gasteiger partial charge in [0.15, 0.2) is 5.82 Å². The number of H-pyrrole nitrogens is 2. The number of tetrazole rings is 2. The standard InChI is InChI=1S/C19H18N12OS2/c32-18(20-12-6-4-11(5-7-12)16-25-29-30-26-16)31(10-2-1-3-14-23-27-28-24-14)15-9-8-13-17(22-15)34-19(33)21-13/h4-9H,1-3,10H2,(H,20,32)(H,21,33)(H,23,24,27,28)(H,25,26,29,30). The molecule has 15 heteroatoms. The molecular weight excluding hydrogens is 476 g/mol. The molecule has 0 spiro atoms. The number of urea groups is 1. The van der Waals surface area contributed by atoms with Crippen molar-refractivity contribution in [2.45, 2.75) is 23.6 Å². The van der Waals surface area contributed by atoms with Crippen LogP contribution in [0, 0.1) is 0 Å². The van der Waals surface area contributed by atoms with Crippen LogP contribution in [0.5, 0.6) is 0 Å². The number of carbonyl (C=O) groups excluding carboxylic acids is 1. The van der Waals surface area contributed by atoms with Crippen molar-refractivity contribution in [2.75, 3.05) is 16.8 Å². The summed E-state index contributed by atoms with van der Waals surface area (Å²) in [6.07, 6.45) is 2.17. The van der Waals surface area contributed by atoms with Crippen molar-refractivity contribution >= 4 is 51.8 Å². The van der Waals surface area contributed by atoms with Gasteiger partial charge in [-0.25, -0.2) is 14.8 Å². The number of aryl methyl sites for hydroxylation is 1. The minimum absolute atomic E-state index is 0.297. The number of fused-ring (bicyclic) bond motifs is 1. The smallest absolute Gasteiger partial charge is 0.308 e. The highest BCUT2D eigenvalue weighted by Crippen LogP contribution is 2.26. The van der Waals surface area contributed by atoms with Crippen molar-refractivity contribution in [3.05, 3.63) is 42.2 Å². The fourth-order valence-electron chi connectivity index (χ4n) is 3.29. The van der Waals surface area contributed by atoms with Crippen molar-refractivity contribution in [1.82, 2.24) is 51.2 Å². The lowest BCUT2D eigenvalue weighted by molar-refractivity contribution is 0.256. The van der Waals surface area contributed by atoms with Crippen LogP contribution in [0.3, 0.4) is 0 Å². The summed E-state index contributed by atoms with van der Waals surface area (Å²) < 4.78 is 0.623. The zero-order valence-corrected chi connectivity index (χ0v) is 19.3. The van der Waals surface area contributed by atoms with Gasteiger partial charge in [-0.15, -0.1) is 33.0 Å². The van der Waals surface area contributed by atoms with Gasteiger partial charge in [-0.1, -0.05) is 16.6 Å². The third-order valence-corrected chi connectivity index (χ3v) is 6.05. The van der Waals surface area contributed by atoms with Gasteiger partial charge in [0.05, 0.1) is 0 Å². The number of benzene rings is 1. The van der Waals surface area contributed by atoms with Gasteiger partial charge in [-0.3, -0.25) is 4.90 Å².